The first kappa shape index (κ1) is 17.5. The molecule has 1 aromatic carbocycles. The highest BCUT2D eigenvalue weighted by molar-refractivity contribution is 6.30. The Morgan fingerprint density at radius 2 is 2.12 bits per heavy atom. The van der Waals surface area contributed by atoms with Crippen LogP contribution < -0.4 is 15.4 Å². The molecule has 0 radical (unpaired) electrons. The maximum absolute atomic E-state index is 13.4. The molecule has 3 N–H and O–H groups in total. The Morgan fingerprint density at radius 1 is 1.42 bits per heavy atom. The molecular weight excluding hydrogens is 335 g/mol. The van der Waals surface area contributed by atoms with E-state index in [4.69, 9.17) is 16.3 Å². The third-order valence-electron chi connectivity index (χ3n) is 5.50. The zero-order chi connectivity index (χ0) is 17.4. The zero-order valence-corrected chi connectivity index (χ0v) is 14.3. The number of aliphatic hydroxyl groups is 1. The average Bonchev–Trinajstić information content (AvgIpc) is 2.57. The van der Waals surface area contributed by atoms with Crippen LogP contribution in [0.15, 0.2) is 18.2 Å². The maximum atomic E-state index is 13.4. The van der Waals surface area contributed by atoms with Crippen LogP contribution in [0.25, 0.3) is 0 Å². The van der Waals surface area contributed by atoms with Crippen molar-refractivity contribution in [3.8, 4) is 5.75 Å². The zero-order valence-electron chi connectivity index (χ0n) is 13.6. The maximum Gasteiger partial charge on any atom is 0.258 e. The van der Waals surface area contributed by atoms with Crippen molar-refractivity contribution in [1.29, 1.82) is 0 Å². The van der Waals surface area contributed by atoms with E-state index in [2.05, 4.69) is 10.6 Å². The highest BCUT2D eigenvalue weighted by Crippen LogP contribution is 2.46. The Hall–Kier alpha value is -1.37. The molecule has 7 heteroatoms. The number of fused-ring (bicyclic) bond motifs is 3. The normalized spacial score (nSPS) is 31.8. The number of hydrogen-bond acceptors (Lipinski definition) is 4. The predicted molar refractivity (Wildman–Crippen MR) is 88.7 cm³/mol. The van der Waals surface area contributed by atoms with Gasteiger partial charge in [-0.15, -0.1) is 0 Å². The van der Waals surface area contributed by atoms with Crippen LogP contribution >= 0.6 is 11.6 Å². The van der Waals surface area contributed by atoms with Crippen LogP contribution in [0.5, 0.6) is 5.75 Å². The summed E-state index contributed by atoms with van der Waals surface area (Å²) in [5, 5.41) is 16.8. The van der Waals surface area contributed by atoms with Gasteiger partial charge in [-0.25, -0.2) is 4.39 Å². The van der Waals surface area contributed by atoms with Crippen LogP contribution in [0, 0.1) is 5.82 Å². The molecule has 5 nitrogen and oxygen atoms in total. The highest BCUT2D eigenvalue weighted by Gasteiger charge is 2.54. The Bertz CT molecular complexity index is 632. The summed E-state index contributed by atoms with van der Waals surface area (Å²) in [6, 6.07) is 4.03. The quantitative estimate of drug-likeness (QED) is 0.754. The summed E-state index contributed by atoms with van der Waals surface area (Å²) in [4.78, 5) is 12.2. The van der Waals surface area contributed by atoms with Gasteiger partial charge in [-0.3, -0.25) is 4.79 Å². The molecule has 2 bridgehead atoms. The van der Waals surface area contributed by atoms with Gasteiger partial charge >= 0.3 is 0 Å². The number of aliphatic hydroxyl groups excluding tert-OH is 1. The SMILES string of the molecule is CNC12CCC(NC(=O)COc3ccc(Cl)c(F)c3)(CC1)[C@@H](O)C2. The van der Waals surface area contributed by atoms with Crippen molar-refractivity contribution < 1.29 is 19.0 Å². The second-order valence-electron chi connectivity index (χ2n) is 6.82. The molecule has 0 spiro atoms. The number of rotatable bonds is 5. The first-order valence-electron chi connectivity index (χ1n) is 8.14. The molecule has 24 heavy (non-hydrogen) atoms. The number of amides is 1. The molecule has 3 saturated carbocycles. The molecule has 1 amide bonds. The first-order valence-corrected chi connectivity index (χ1v) is 8.52. The number of nitrogens with one attached hydrogen (secondary N) is 2. The van der Waals surface area contributed by atoms with Crippen LogP contribution in [0.2, 0.25) is 5.02 Å². The molecule has 0 heterocycles. The van der Waals surface area contributed by atoms with Crippen molar-refractivity contribution in [3.05, 3.63) is 29.0 Å². The second-order valence-corrected chi connectivity index (χ2v) is 7.23. The fourth-order valence-electron chi connectivity index (χ4n) is 3.87. The van der Waals surface area contributed by atoms with Crippen molar-refractivity contribution in [1.82, 2.24) is 10.6 Å². The topological polar surface area (TPSA) is 70.6 Å². The smallest absolute Gasteiger partial charge is 0.258 e. The van der Waals surface area contributed by atoms with Gasteiger partial charge in [0.15, 0.2) is 6.61 Å². The minimum absolute atomic E-state index is 0.00578. The van der Waals surface area contributed by atoms with E-state index in [1.165, 1.54) is 12.1 Å². The molecule has 0 aliphatic heterocycles. The van der Waals surface area contributed by atoms with E-state index in [0.29, 0.717) is 6.42 Å². The van der Waals surface area contributed by atoms with Gasteiger partial charge < -0.3 is 20.5 Å². The highest BCUT2D eigenvalue weighted by atomic mass is 35.5. The molecular formula is C17H22ClFN2O3. The number of halogens is 2. The van der Waals surface area contributed by atoms with E-state index in [1.54, 1.807) is 0 Å². The van der Waals surface area contributed by atoms with Crippen LogP contribution in [-0.2, 0) is 4.79 Å². The van der Waals surface area contributed by atoms with Gasteiger partial charge in [0.2, 0.25) is 0 Å². The minimum Gasteiger partial charge on any atom is -0.484 e. The number of carbonyl (C=O) groups is 1. The number of benzene rings is 1. The molecule has 0 aromatic heterocycles. The third-order valence-corrected chi connectivity index (χ3v) is 5.81. The van der Waals surface area contributed by atoms with Crippen molar-refractivity contribution >= 4 is 17.5 Å². The summed E-state index contributed by atoms with van der Waals surface area (Å²) < 4.78 is 18.7. The van der Waals surface area contributed by atoms with Crippen molar-refractivity contribution in [2.75, 3.05) is 13.7 Å². The van der Waals surface area contributed by atoms with Crippen molar-refractivity contribution in [2.24, 2.45) is 0 Å². The van der Waals surface area contributed by atoms with Gasteiger partial charge in [-0.2, -0.15) is 0 Å². The van der Waals surface area contributed by atoms with E-state index in [9.17, 15) is 14.3 Å². The molecule has 132 valence electrons. The lowest BCUT2D eigenvalue weighted by Crippen LogP contribution is -2.69. The van der Waals surface area contributed by atoms with E-state index in [0.717, 1.165) is 31.7 Å². The molecule has 1 aromatic rings. The lowest BCUT2D eigenvalue weighted by atomic mass is 9.60. The van der Waals surface area contributed by atoms with Gasteiger partial charge in [0.25, 0.3) is 5.91 Å². The molecule has 3 fully saturated rings. The summed E-state index contributed by atoms with van der Waals surface area (Å²) >= 11 is 5.61. The summed E-state index contributed by atoms with van der Waals surface area (Å²) in [7, 11) is 1.92. The number of ether oxygens (including phenoxy) is 1. The minimum atomic E-state index is -0.591. The van der Waals surface area contributed by atoms with Crippen LogP contribution in [0.3, 0.4) is 0 Å². The molecule has 0 unspecified atom stereocenters. The lowest BCUT2D eigenvalue weighted by molar-refractivity contribution is -0.132. The lowest BCUT2D eigenvalue weighted by Gasteiger charge is -2.56. The first-order chi connectivity index (χ1) is 11.4. The number of carbonyl (C=O) groups excluding carboxylic acids is 1. The Balaban J connectivity index is 1.58. The van der Waals surface area contributed by atoms with E-state index in [-0.39, 0.29) is 28.8 Å². The van der Waals surface area contributed by atoms with E-state index in [1.807, 2.05) is 7.05 Å². The van der Waals surface area contributed by atoms with Gasteiger partial charge in [-0.1, -0.05) is 11.6 Å². The van der Waals surface area contributed by atoms with Crippen molar-refractivity contribution in [3.63, 3.8) is 0 Å². The third kappa shape index (κ3) is 3.23. The van der Waals surface area contributed by atoms with Gasteiger partial charge in [0.05, 0.1) is 16.7 Å². The summed E-state index contributed by atoms with van der Waals surface area (Å²) in [5.74, 6) is -0.665. The Kier molecular flexibility index (Phi) is 4.73. The van der Waals surface area contributed by atoms with Crippen LogP contribution in [0.4, 0.5) is 4.39 Å². The van der Waals surface area contributed by atoms with Crippen LogP contribution in [0.1, 0.15) is 32.1 Å². The largest absolute Gasteiger partial charge is 0.484 e. The summed E-state index contributed by atoms with van der Waals surface area (Å²) in [5.41, 5.74) is -0.590. The van der Waals surface area contributed by atoms with Crippen molar-refractivity contribution in [2.45, 2.75) is 49.3 Å². The standard InChI is InChI=1S/C17H22ClFN2O3/c1-20-16-4-6-17(7-5-16,14(22)9-16)21-15(23)10-24-11-2-3-12(18)13(19)8-11/h2-3,8,14,20,22H,4-7,9-10H2,1H3,(H,21,23)/t14-,16?,17?/m0/s1. The second kappa shape index (κ2) is 6.50. The monoisotopic (exact) mass is 356 g/mol. The van der Waals surface area contributed by atoms with E-state index >= 15 is 0 Å². The average molecular weight is 357 g/mol. The van der Waals surface area contributed by atoms with Gasteiger partial charge in [0, 0.05) is 11.6 Å². The van der Waals surface area contributed by atoms with Gasteiger partial charge in [-0.05, 0) is 51.3 Å². The Morgan fingerprint density at radius 3 is 2.71 bits per heavy atom. The molecule has 4 rings (SSSR count). The van der Waals surface area contributed by atoms with E-state index < -0.39 is 17.5 Å². The van der Waals surface area contributed by atoms with Crippen LogP contribution in [-0.4, -0.2) is 41.9 Å². The molecule has 3 aliphatic carbocycles. The molecule has 3 aliphatic rings. The fourth-order valence-corrected chi connectivity index (χ4v) is 3.98. The fraction of sp³-hybridized carbons (Fsp3) is 0.588. The summed E-state index contributed by atoms with van der Waals surface area (Å²) in [6.45, 7) is -0.229. The van der Waals surface area contributed by atoms with Gasteiger partial charge in [0.1, 0.15) is 11.6 Å². The number of hydrogen-bond donors (Lipinski definition) is 3. The molecule has 0 saturated heterocycles. The Labute approximate surface area is 145 Å². The molecule has 1 atom stereocenters. The summed E-state index contributed by atoms with van der Waals surface area (Å²) in [6.07, 6.45) is 3.36. The predicted octanol–water partition coefficient (Wildman–Crippen LogP) is 2.01.